The van der Waals surface area contributed by atoms with E-state index in [0.717, 1.165) is 17.8 Å². The zero-order valence-corrected chi connectivity index (χ0v) is 21.7. The number of H-pyrrole nitrogens is 1. The number of rotatable bonds is 12. The van der Waals surface area contributed by atoms with E-state index in [-0.39, 0.29) is 59.6 Å². The Morgan fingerprint density at radius 3 is 2.50 bits per heavy atom. The van der Waals surface area contributed by atoms with Gasteiger partial charge in [-0.3, -0.25) is 29.1 Å². The highest BCUT2D eigenvalue weighted by Crippen LogP contribution is 2.29. The maximum absolute atomic E-state index is 13.0. The molecule has 0 saturated carbocycles. The number of anilines is 1. The van der Waals surface area contributed by atoms with E-state index >= 15 is 0 Å². The number of aromatic amines is 1. The minimum Gasteiger partial charge on any atom is -0.396 e. The number of carbonyl (C=O) groups excluding carboxylic acids is 5. The molecule has 1 aliphatic rings. The van der Waals surface area contributed by atoms with E-state index in [4.69, 9.17) is 0 Å². The predicted molar refractivity (Wildman–Crippen MR) is 140 cm³/mol. The van der Waals surface area contributed by atoms with Gasteiger partial charge < -0.3 is 26.2 Å². The number of Topliss-reactive ketones (excluding diaryl/α,β-unsaturated/α-hetero) is 1. The van der Waals surface area contributed by atoms with Crippen LogP contribution in [0.2, 0.25) is 0 Å². The number of fused-ring (bicyclic) bond motifs is 1. The van der Waals surface area contributed by atoms with Crippen molar-refractivity contribution in [2.45, 2.75) is 26.4 Å². The summed E-state index contributed by atoms with van der Waals surface area (Å²) in [6.45, 7) is 2.86. The predicted octanol–water partition coefficient (Wildman–Crippen LogP) is 0.660. The Balaban J connectivity index is 1.47. The zero-order valence-electron chi connectivity index (χ0n) is 20.9. The van der Waals surface area contributed by atoms with Crippen LogP contribution in [0.15, 0.2) is 41.3 Å². The van der Waals surface area contributed by atoms with Crippen molar-refractivity contribution >= 4 is 46.7 Å². The van der Waals surface area contributed by atoms with Crippen molar-refractivity contribution < 1.29 is 34.2 Å². The Bertz CT molecular complexity index is 1260. The summed E-state index contributed by atoms with van der Waals surface area (Å²) in [6.07, 6.45) is -0.302. The standard InChI is InChI=1S/C25H29N5O7S/c1-25(2,13-31)22(35)24(37)27-9-8-17(33)26-10-11-38-16-12-15(32)19-18(21(16)34)20(30-29-19)23(36)28-14-6-4-3-5-7-14/h3-7,12,22,31,35H,8-11,13H2,1-2H3,(H,26,33)(H,27,37)(H,28,36)(H,29,30)/t22-/m0/s1. The van der Waals surface area contributed by atoms with Crippen LogP contribution in [-0.2, 0) is 9.59 Å². The van der Waals surface area contributed by atoms with Gasteiger partial charge in [-0.2, -0.15) is 5.10 Å². The van der Waals surface area contributed by atoms with Gasteiger partial charge in [-0.15, -0.1) is 11.8 Å². The van der Waals surface area contributed by atoms with E-state index in [9.17, 15) is 34.2 Å². The summed E-state index contributed by atoms with van der Waals surface area (Å²) in [5, 5.41) is 33.3. The van der Waals surface area contributed by atoms with Gasteiger partial charge in [0.1, 0.15) is 17.5 Å². The normalized spacial score (nSPS) is 13.8. The highest BCUT2D eigenvalue weighted by Gasteiger charge is 2.34. The Hall–Kier alpha value is -3.81. The topological polar surface area (TPSA) is 191 Å². The summed E-state index contributed by atoms with van der Waals surface area (Å²) in [5.74, 6) is -2.41. The van der Waals surface area contributed by atoms with Crippen molar-refractivity contribution in [2.75, 3.05) is 30.8 Å². The number of aliphatic hydroxyl groups is 2. The molecular formula is C25H29N5O7S. The average Bonchev–Trinajstić information content (AvgIpc) is 3.36. The summed E-state index contributed by atoms with van der Waals surface area (Å²) in [6, 6.07) is 8.63. The number of hydrogen-bond acceptors (Lipinski definition) is 9. The molecule has 3 rings (SSSR count). The first-order valence-corrected chi connectivity index (χ1v) is 12.8. The molecule has 1 aromatic carbocycles. The number of allylic oxidation sites excluding steroid dienone is 2. The maximum atomic E-state index is 13.0. The van der Waals surface area contributed by atoms with Gasteiger partial charge in [0.15, 0.2) is 0 Å². The van der Waals surface area contributed by atoms with E-state index in [1.807, 2.05) is 0 Å². The molecule has 0 radical (unpaired) electrons. The molecule has 12 nitrogen and oxygen atoms in total. The first kappa shape index (κ1) is 28.8. The van der Waals surface area contributed by atoms with Gasteiger partial charge in [0.25, 0.3) is 5.91 Å². The Morgan fingerprint density at radius 1 is 1.11 bits per heavy atom. The van der Waals surface area contributed by atoms with Gasteiger partial charge in [-0.25, -0.2) is 0 Å². The van der Waals surface area contributed by atoms with Gasteiger partial charge >= 0.3 is 0 Å². The lowest BCUT2D eigenvalue weighted by atomic mass is 9.87. The Kier molecular flexibility index (Phi) is 9.55. The van der Waals surface area contributed by atoms with Crippen molar-refractivity contribution in [3.05, 3.63) is 58.3 Å². The third-order valence-corrected chi connectivity index (χ3v) is 6.72. The lowest BCUT2D eigenvalue weighted by Crippen LogP contribution is -2.46. The Morgan fingerprint density at radius 2 is 1.82 bits per heavy atom. The van der Waals surface area contributed by atoms with Gasteiger partial charge in [0.05, 0.1) is 17.1 Å². The van der Waals surface area contributed by atoms with Crippen LogP contribution in [0.1, 0.15) is 51.6 Å². The van der Waals surface area contributed by atoms with Crippen molar-refractivity contribution in [3.63, 3.8) is 0 Å². The second-order valence-electron chi connectivity index (χ2n) is 9.13. The highest BCUT2D eigenvalue weighted by molar-refractivity contribution is 8.04. The summed E-state index contributed by atoms with van der Waals surface area (Å²) < 4.78 is 0. The molecule has 0 saturated heterocycles. The second kappa shape index (κ2) is 12.6. The number of aromatic nitrogens is 2. The summed E-state index contributed by atoms with van der Waals surface area (Å²) in [7, 11) is 0. The number of nitrogens with one attached hydrogen (secondary N) is 4. The molecule has 0 fully saturated rings. The Labute approximate surface area is 222 Å². The molecule has 1 heterocycles. The molecule has 0 bridgehead atoms. The first-order valence-electron chi connectivity index (χ1n) is 11.8. The third kappa shape index (κ3) is 6.94. The summed E-state index contributed by atoms with van der Waals surface area (Å²) >= 11 is 1.06. The van der Waals surface area contributed by atoms with Crippen LogP contribution in [0, 0.1) is 5.41 Å². The molecule has 0 aliphatic heterocycles. The van der Waals surface area contributed by atoms with E-state index in [0.29, 0.717) is 5.69 Å². The minimum absolute atomic E-state index is 0.00833. The maximum Gasteiger partial charge on any atom is 0.274 e. The van der Waals surface area contributed by atoms with Crippen LogP contribution in [0.3, 0.4) is 0 Å². The number of amides is 3. The molecule has 1 aromatic heterocycles. The fourth-order valence-corrected chi connectivity index (χ4v) is 4.23. The fraction of sp³-hybridized carbons (Fsp3) is 0.360. The van der Waals surface area contributed by atoms with Crippen molar-refractivity contribution in [1.82, 2.24) is 20.8 Å². The van der Waals surface area contributed by atoms with Crippen molar-refractivity contribution in [1.29, 1.82) is 0 Å². The molecule has 13 heteroatoms. The molecule has 38 heavy (non-hydrogen) atoms. The lowest BCUT2D eigenvalue weighted by Gasteiger charge is -2.27. The number of nitrogens with zero attached hydrogens (tertiary/aromatic N) is 1. The molecule has 0 unspecified atom stereocenters. The average molecular weight is 544 g/mol. The molecule has 3 amide bonds. The molecule has 1 atom stereocenters. The molecule has 1 aliphatic carbocycles. The number of hydrogen-bond donors (Lipinski definition) is 6. The van der Waals surface area contributed by atoms with Gasteiger partial charge in [-0.1, -0.05) is 32.0 Å². The zero-order chi connectivity index (χ0) is 27.9. The van der Waals surface area contributed by atoms with Gasteiger partial charge in [-0.05, 0) is 12.1 Å². The molecule has 6 N–H and O–H groups in total. The van der Waals surface area contributed by atoms with Crippen LogP contribution < -0.4 is 16.0 Å². The molecular weight excluding hydrogens is 514 g/mol. The van der Waals surface area contributed by atoms with E-state index in [2.05, 4.69) is 26.1 Å². The number of carbonyl (C=O) groups is 5. The highest BCUT2D eigenvalue weighted by atomic mass is 32.2. The fourth-order valence-electron chi connectivity index (χ4n) is 3.38. The number of benzene rings is 1. The van der Waals surface area contributed by atoms with E-state index in [1.165, 1.54) is 13.8 Å². The van der Waals surface area contributed by atoms with Crippen LogP contribution in [0.5, 0.6) is 0 Å². The molecule has 2 aromatic rings. The monoisotopic (exact) mass is 543 g/mol. The summed E-state index contributed by atoms with van der Waals surface area (Å²) in [4.78, 5) is 62.3. The minimum atomic E-state index is -1.42. The van der Waals surface area contributed by atoms with E-state index in [1.54, 1.807) is 30.3 Å². The lowest BCUT2D eigenvalue weighted by molar-refractivity contribution is -0.137. The second-order valence-corrected chi connectivity index (χ2v) is 10.3. The van der Waals surface area contributed by atoms with Gasteiger partial charge in [0.2, 0.25) is 23.4 Å². The number of thioether (sulfide) groups is 1. The largest absolute Gasteiger partial charge is 0.396 e. The van der Waals surface area contributed by atoms with Crippen LogP contribution in [-0.4, -0.2) is 81.3 Å². The SMILES string of the molecule is CC(C)(CO)[C@@H](O)C(=O)NCCC(=O)NCCSC1=CC(=O)c2n[nH]c(C(=O)Nc3ccccc3)c2C1=O. The third-order valence-electron chi connectivity index (χ3n) is 5.70. The van der Waals surface area contributed by atoms with Crippen LogP contribution in [0.25, 0.3) is 0 Å². The van der Waals surface area contributed by atoms with E-state index < -0.39 is 34.9 Å². The quantitative estimate of drug-likeness (QED) is 0.209. The smallest absolute Gasteiger partial charge is 0.274 e. The number of aliphatic hydroxyl groups excluding tert-OH is 2. The van der Waals surface area contributed by atoms with Crippen LogP contribution in [0.4, 0.5) is 5.69 Å². The summed E-state index contributed by atoms with van der Waals surface area (Å²) in [5.41, 5.74) is -0.836. The molecule has 202 valence electrons. The number of para-hydroxylation sites is 1. The van der Waals surface area contributed by atoms with Gasteiger partial charge in [0, 0.05) is 42.4 Å². The number of ketones is 2. The van der Waals surface area contributed by atoms with Crippen molar-refractivity contribution in [3.8, 4) is 0 Å². The van der Waals surface area contributed by atoms with Crippen LogP contribution >= 0.6 is 11.8 Å². The van der Waals surface area contributed by atoms with Crippen molar-refractivity contribution in [2.24, 2.45) is 5.41 Å². The molecule has 0 spiro atoms. The first-order chi connectivity index (χ1) is 18.0.